The molecule has 1 fully saturated rings. The van der Waals surface area contributed by atoms with Crippen LogP contribution in [0, 0.1) is 0 Å². The summed E-state index contributed by atoms with van der Waals surface area (Å²) < 4.78 is 44.5. The fourth-order valence-electron chi connectivity index (χ4n) is 3.41. The Morgan fingerprint density at radius 2 is 1.96 bits per heavy atom. The highest BCUT2D eigenvalue weighted by Crippen LogP contribution is 2.30. The van der Waals surface area contributed by atoms with Gasteiger partial charge >= 0.3 is 6.18 Å². The smallest absolute Gasteiger partial charge is 0.433 e. The SMILES string of the molecule is CC(=O)C[C@@H](C)c1ccc(O[C@@H]2CCN(c3cccc(C(F)(F)F)n3)C2)cc1. The molecule has 0 aliphatic carbocycles. The fraction of sp³-hybridized carbons (Fsp3) is 0.429. The molecule has 0 radical (unpaired) electrons. The lowest BCUT2D eigenvalue weighted by Crippen LogP contribution is -2.25. The van der Waals surface area contributed by atoms with Gasteiger partial charge in [0.25, 0.3) is 0 Å². The molecule has 4 nitrogen and oxygen atoms in total. The van der Waals surface area contributed by atoms with Crippen LogP contribution in [0.1, 0.15) is 43.9 Å². The number of carbonyl (C=O) groups is 1. The first kappa shape index (κ1) is 20.2. The molecule has 3 rings (SSSR count). The van der Waals surface area contributed by atoms with E-state index in [1.807, 2.05) is 36.1 Å². The van der Waals surface area contributed by atoms with Crippen molar-refractivity contribution in [2.75, 3.05) is 18.0 Å². The van der Waals surface area contributed by atoms with Crippen molar-refractivity contribution < 1.29 is 22.7 Å². The lowest BCUT2D eigenvalue weighted by molar-refractivity contribution is -0.141. The maximum atomic E-state index is 12.9. The van der Waals surface area contributed by atoms with Crippen molar-refractivity contribution in [1.29, 1.82) is 0 Å². The molecule has 150 valence electrons. The first-order valence-electron chi connectivity index (χ1n) is 9.27. The van der Waals surface area contributed by atoms with E-state index in [0.29, 0.717) is 37.5 Å². The molecular weight excluding hydrogens is 369 g/mol. The zero-order chi connectivity index (χ0) is 20.3. The number of rotatable bonds is 6. The van der Waals surface area contributed by atoms with E-state index in [0.717, 1.165) is 11.6 Å². The molecule has 28 heavy (non-hydrogen) atoms. The van der Waals surface area contributed by atoms with Gasteiger partial charge in [-0.25, -0.2) is 4.98 Å². The van der Waals surface area contributed by atoms with Gasteiger partial charge in [-0.3, -0.25) is 0 Å². The number of carbonyl (C=O) groups excluding carboxylic acids is 1. The van der Waals surface area contributed by atoms with Crippen LogP contribution < -0.4 is 9.64 Å². The molecule has 2 aromatic rings. The van der Waals surface area contributed by atoms with Gasteiger partial charge in [0.1, 0.15) is 29.1 Å². The molecule has 0 bridgehead atoms. The zero-order valence-electron chi connectivity index (χ0n) is 15.9. The topological polar surface area (TPSA) is 42.4 Å². The summed E-state index contributed by atoms with van der Waals surface area (Å²) in [7, 11) is 0. The van der Waals surface area contributed by atoms with Crippen molar-refractivity contribution in [3.8, 4) is 5.75 Å². The number of aromatic nitrogens is 1. The Hall–Kier alpha value is -2.57. The third kappa shape index (κ3) is 5.03. The molecule has 1 aromatic heterocycles. The summed E-state index contributed by atoms with van der Waals surface area (Å²) >= 11 is 0. The average Bonchev–Trinajstić information content (AvgIpc) is 3.10. The Labute approximate surface area is 162 Å². The van der Waals surface area contributed by atoms with E-state index in [4.69, 9.17) is 4.74 Å². The number of benzene rings is 1. The molecular formula is C21H23F3N2O2. The number of ketones is 1. The van der Waals surface area contributed by atoms with E-state index >= 15 is 0 Å². The lowest BCUT2D eigenvalue weighted by atomic mass is 9.96. The van der Waals surface area contributed by atoms with Gasteiger partial charge in [-0.1, -0.05) is 25.1 Å². The van der Waals surface area contributed by atoms with E-state index in [-0.39, 0.29) is 17.8 Å². The Morgan fingerprint density at radius 1 is 1.25 bits per heavy atom. The number of Topliss-reactive ketones (excluding diaryl/α,β-unsaturated/α-hetero) is 1. The van der Waals surface area contributed by atoms with Crippen LogP contribution in [-0.2, 0) is 11.0 Å². The van der Waals surface area contributed by atoms with Gasteiger partial charge in [0.15, 0.2) is 0 Å². The molecule has 1 aliphatic rings. The highest BCUT2D eigenvalue weighted by molar-refractivity contribution is 5.76. The highest BCUT2D eigenvalue weighted by atomic mass is 19.4. The molecule has 7 heteroatoms. The minimum Gasteiger partial charge on any atom is -0.489 e. The van der Waals surface area contributed by atoms with Crippen molar-refractivity contribution >= 4 is 11.6 Å². The van der Waals surface area contributed by atoms with E-state index in [9.17, 15) is 18.0 Å². The molecule has 1 aliphatic heterocycles. The van der Waals surface area contributed by atoms with Gasteiger partial charge in [-0.2, -0.15) is 13.2 Å². The lowest BCUT2D eigenvalue weighted by Gasteiger charge is -2.19. The Kier molecular flexibility index (Phi) is 5.91. The number of anilines is 1. The minimum absolute atomic E-state index is 0.114. The Morgan fingerprint density at radius 3 is 2.61 bits per heavy atom. The van der Waals surface area contributed by atoms with E-state index < -0.39 is 11.9 Å². The maximum Gasteiger partial charge on any atom is 0.433 e. The largest absolute Gasteiger partial charge is 0.489 e. The summed E-state index contributed by atoms with van der Waals surface area (Å²) in [6.45, 7) is 4.66. The second kappa shape index (κ2) is 8.20. The Bertz CT molecular complexity index is 821. The predicted molar refractivity (Wildman–Crippen MR) is 101 cm³/mol. The van der Waals surface area contributed by atoms with Gasteiger partial charge in [0.2, 0.25) is 0 Å². The first-order valence-corrected chi connectivity index (χ1v) is 9.27. The number of hydrogen-bond acceptors (Lipinski definition) is 4. The summed E-state index contributed by atoms with van der Waals surface area (Å²) in [5, 5.41) is 0. The summed E-state index contributed by atoms with van der Waals surface area (Å²) in [6.07, 6.45) is -3.36. The minimum atomic E-state index is -4.45. The van der Waals surface area contributed by atoms with Gasteiger partial charge in [0.05, 0.1) is 6.54 Å². The second-order valence-electron chi connectivity index (χ2n) is 7.23. The normalized spacial score (nSPS) is 18.2. The van der Waals surface area contributed by atoms with Crippen molar-refractivity contribution in [2.45, 2.75) is 44.9 Å². The van der Waals surface area contributed by atoms with E-state index in [1.165, 1.54) is 6.07 Å². The summed E-state index contributed by atoms with van der Waals surface area (Å²) in [4.78, 5) is 16.8. The number of nitrogens with zero attached hydrogens (tertiary/aromatic N) is 2. The molecule has 1 aromatic carbocycles. The molecule has 2 atom stereocenters. The monoisotopic (exact) mass is 392 g/mol. The maximum absolute atomic E-state index is 12.9. The van der Waals surface area contributed by atoms with E-state index in [1.54, 1.807) is 13.0 Å². The van der Waals surface area contributed by atoms with Crippen LogP contribution in [-0.4, -0.2) is 30.0 Å². The third-order valence-electron chi connectivity index (χ3n) is 4.84. The van der Waals surface area contributed by atoms with Crippen LogP contribution in [0.15, 0.2) is 42.5 Å². The highest BCUT2D eigenvalue weighted by Gasteiger charge is 2.33. The van der Waals surface area contributed by atoms with Gasteiger partial charge < -0.3 is 14.4 Å². The summed E-state index contributed by atoms with van der Waals surface area (Å²) in [5.41, 5.74) is 0.188. The van der Waals surface area contributed by atoms with Crippen LogP contribution in [0.5, 0.6) is 5.75 Å². The first-order chi connectivity index (χ1) is 13.2. The van der Waals surface area contributed by atoms with Crippen LogP contribution in [0.2, 0.25) is 0 Å². The third-order valence-corrected chi connectivity index (χ3v) is 4.84. The zero-order valence-corrected chi connectivity index (χ0v) is 15.9. The number of ether oxygens (including phenoxy) is 1. The number of alkyl halides is 3. The van der Waals surface area contributed by atoms with Crippen LogP contribution in [0.3, 0.4) is 0 Å². The molecule has 1 saturated heterocycles. The average molecular weight is 392 g/mol. The fourth-order valence-corrected chi connectivity index (χ4v) is 3.41. The van der Waals surface area contributed by atoms with E-state index in [2.05, 4.69) is 4.98 Å². The summed E-state index contributed by atoms with van der Waals surface area (Å²) in [6, 6.07) is 11.6. The van der Waals surface area contributed by atoms with Crippen molar-refractivity contribution in [3.05, 3.63) is 53.7 Å². The summed E-state index contributed by atoms with van der Waals surface area (Å²) in [5.74, 6) is 1.33. The molecule has 2 heterocycles. The van der Waals surface area contributed by atoms with Crippen LogP contribution in [0.4, 0.5) is 19.0 Å². The van der Waals surface area contributed by atoms with Gasteiger partial charge in [-0.05, 0) is 42.7 Å². The molecule has 0 amide bonds. The van der Waals surface area contributed by atoms with Gasteiger partial charge in [-0.15, -0.1) is 0 Å². The quantitative estimate of drug-likeness (QED) is 0.706. The molecule has 0 spiro atoms. The number of hydrogen-bond donors (Lipinski definition) is 0. The van der Waals surface area contributed by atoms with Crippen molar-refractivity contribution in [1.82, 2.24) is 4.98 Å². The Balaban J connectivity index is 1.60. The number of halogens is 3. The van der Waals surface area contributed by atoms with Crippen LogP contribution >= 0.6 is 0 Å². The molecule has 0 saturated carbocycles. The predicted octanol–water partition coefficient (Wildman–Crippen LogP) is 4.84. The van der Waals surface area contributed by atoms with Gasteiger partial charge in [0, 0.05) is 19.4 Å². The molecule has 0 unspecified atom stereocenters. The molecule has 0 N–H and O–H groups in total. The standard InChI is InChI=1S/C21H23F3N2O2/c1-14(12-15(2)27)16-6-8-17(9-7-16)28-18-10-11-26(13-18)20-5-3-4-19(25-20)21(22,23)24/h3-9,14,18H,10-13H2,1-2H3/t14-,18-/m1/s1. The van der Waals surface area contributed by atoms with Crippen LogP contribution in [0.25, 0.3) is 0 Å². The second-order valence-corrected chi connectivity index (χ2v) is 7.23. The number of pyridine rings is 1. The van der Waals surface area contributed by atoms with Crippen molar-refractivity contribution in [3.63, 3.8) is 0 Å². The van der Waals surface area contributed by atoms with Crippen molar-refractivity contribution in [2.24, 2.45) is 0 Å².